The summed E-state index contributed by atoms with van der Waals surface area (Å²) in [4.78, 5) is 11.9. The highest BCUT2D eigenvalue weighted by Gasteiger charge is 2.09. The van der Waals surface area contributed by atoms with Crippen LogP contribution in [0.3, 0.4) is 0 Å². The van der Waals surface area contributed by atoms with Crippen LogP contribution < -0.4 is 5.32 Å². The third kappa shape index (κ3) is 2.87. The Hall–Kier alpha value is -1.88. The average molecular weight is 310 g/mol. The van der Waals surface area contributed by atoms with Gasteiger partial charge >= 0.3 is 0 Å². The van der Waals surface area contributed by atoms with Crippen LogP contribution in [0, 0.1) is 5.82 Å². The lowest BCUT2D eigenvalue weighted by Gasteiger charge is -2.07. The van der Waals surface area contributed by atoms with Gasteiger partial charge in [-0.25, -0.2) is 4.39 Å². The highest BCUT2D eigenvalue weighted by atomic mass is 79.9. The van der Waals surface area contributed by atoms with Gasteiger partial charge in [-0.15, -0.1) is 0 Å². The number of phenols is 1. The van der Waals surface area contributed by atoms with Crippen LogP contribution in [0.25, 0.3) is 0 Å². The van der Waals surface area contributed by atoms with Crippen LogP contribution in [0.2, 0.25) is 0 Å². The second-order valence-electron chi connectivity index (χ2n) is 3.63. The minimum Gasteiger partial charge on any atom is -0.508 e. The number of amides is 1. The Balaban J connectivity index is 2.21. The quantitative estimate of drug-likeness (QED) is 0.891. The maximum atomic E-state index is 13.0. The van der Waals surface area contributed by atoms with Gasteiger partial charge in [-0.2, -0.15) is 0 Å². The number of aromatic hydroxyl groups is 1. The van der Waals surface area contributed by atoms with E-state index in [2.05, 4.69) is 21.2 Å². The van der Waals surface area contributed by atoms with E-state index < -0.39 is 5.82 Å². The summed E-state index contributed by atoms with van der Waals surface area (Å²) in [6.07, 6.45) is 0. The lowest BCUT2D eigenvalue weighted by molar-refractivity contribution is 0.102. The molecule has 0 aliphatic rings. The van der Waals surface area contributed by atoms with Gasteiger partial charge in [0.25, 0.3) is 5.91 Å². The number of rotatable bonds is 2. The molecule has 0 aliphatic carbocycles. The van der Waals surface area contributed by atoms with Gasteiger partial charge in [0.1, 0.15) is 11.6 Å². The number of phenolic OH excluding ortho intramolecular Hbond substituents is 1. The zero-order valence-corrected chi connectivity index (χ0v) is 10.7. The summed E-state index contributed by atoms with van der Waals surface area (Å²) in [5, 5.41) is 11.7. The predicted octanol–water partition coefficient (Wildman–Crippen LogP) is 3.55. The van der Waals surface area contributed by atoms with E-state index in [9.17, 15) is 9.18 Å². The SMILES string of the molecule is O=C(Nc1cc(F)ccc1Br)c1ccc(O)cc1. The van der Waals surface area contributed by atoms with E-state index in [0.29, 0.717) is 15.7 Å². The Labute approximate surface area is 111 Å². The Morgan fingerprint density at radius 1 is 1.17 bits per heavy atom. The molecule has 0 heterocycles. The van der Waals surface area contributed by atoms with Crippen molar-refractivity contribution in [1.82, 2.24) is 0 Å². The van der Waals surface area contributed by atoms with Gasteiger partial charge in [-0.1, -0.05) is 0 Å². The Kier molecular flexibility index (Phi) is 3.62. The van der Waals surface area contributed by atoms with Crippen LogP contribution in [0.4, 0.5) is 10.1 Å². The second kappa shape index (κ2) is 5.18. The van der Waals surface area contributed by atoms with E-state index in [-0.39, 0.29) is 11.7 Å². The maximum Gasteiger partial charge on any atom is 0.255 e. The molecule has 2 aromatic carbocycles. The molecule has 0 saturated carbocycles. The number of carbonyl (C=O) groups is 1. The van der Waals surface area contributed by atoms with Gasteiger partial charge in [-0.05, 0) is 58.4 Å². The van der Waals surface area contributed by atoms with Crippen molar-refractivity contribution in [3.8, 4) is 5.75 Å². The molecule has 0 fully saturated rings. The normalized spacial score (nSPS) is 10.1. The van der Waals surface area contributed by atoms with E-state index in [1.54, 1.807) is 0 Å². The lowest BCUT2D eigenvalue weighted by atomic mass is 10.2. The van der Waals surface area contributed by atoms with Crippen molar-refractivity contribution in [2.45, 2.75) is 0 Å². The number of carbonyl (C=O) groups excluding carboxylic acids is 1. The molecule has 0 spiro atoms. The smallest absolute Gasteiger partial charge is 0.255 e. The maximum absolute atomic E-state index is 13.0. The van der Waals surface area contributed by atoms with E-state index in [1.165, 1.54) is 42.5 Å². The third-order valence-corrected chi connectivity index (χ3v) is 3.00. The first-order chi connectivity index (χ1) is 8.56. The monoisotopic (exact) mass is 309 g/mol. The molecule has 0 aromatic heterocycles. The van der Waals surface area contributed by atoms with Gasteiger partial charge in [0, 0.05) is 10.0 Å². The van der Waals surface area contributed by atoms with Crippen LogP contribution in [-0.4, -0.2) is 11.0 Å². The molecule has 0 atom stereocenters. The van der Waals surface area contributed by atoms with Crippen LogP contribution in [0.5, 0.6) is 5.75 Å². The third-order valence-electron chi connectivity index (χ3n) is 2.31. The highest BCUT2D eigenvalue weighted by molar-refractivity contribution is 9.10. The molecule has 1 amide bonds. The van der Waals surface area contributed by atoms with Gasteiger partial charge < -0.3 is 10.4 Å². The number of hydrogen-bond acceptors (Lipinski definition) is 2. The molecule has 0 radical (unpaired) electrons. The summed E-state index contributed by atoms with van der Waals surface area (Å²) in [5.41, 5.74) is 0.733. The fourth-order valence-corrected chi connectivity index (χ4v) is 1.75. The molecule has 3 nitrogen and oxygen atoms in total. The predicted molar refractivity (Wildman–Crippen MR) is 70.2 cm³/mol. The lowest BCUT2D eigenvalue weighted by Crippen LogP contribution is -2.12. The topological polar surface area (TPSA) is 49.3 Å². The number of benzene rings is 2. The molecule has 18 heavy (non-hydrogen) atoms. The molecular formula is C13H9BrFNO2. The van der Waals surface area contributed by atoms with E-state index in [4.69, 9.17) is 5.11 Å². The fourth-order valence-electron chi connectivity index (χ4n) is 1.40. The van der Waals surface area contributed by atoms with Gasteiger partial charge in [0.2, 0.25) is 0 Å². The molecule has 0 saturated heterocycles. The Morgan fingerprint density at radius 2 is 1.83 bits per heavy atom. The molecule has 0 bridgehead atoms. The van der Waals surface area contributed by atoms with Crippen LogP contribution in [0.15, 0.2) is 46.9 Å². The molecular weight excluding hydrogens is 301 g/mol. The first-order valence-corrected chi connectivity index (χ1v) is 5.91. The van der Waals surface area contributed by atoms with Gasteiger partial charge in [0.15, 0.2) is 0 Å². The number of anilines is 1. The van der Waals surface area contributed by atoms with Crippen molar-refractivity contribution in [1.29, 1.82) is 0 Å². The van der Waals surface area contributed by atoms with Crippen molar-refractivity contribution in [2.75, 3.05) is 5.32 Å². The average Bonchev–Trinajstić information content (AvgIpc) is 2.34. The highest BCUT2D eigenvalue weighted by Crippen LogP contribution is 2.23. The first kappa shape index (κ1) is 12.6. The molecule has 2 aromatic rings. The zero-order chi connectivity index (χ0) is 13.1. The molecule has 5 heteroatoms. The largest absolute Gasteiger partial charge is 0.508 e. The summed E-state index contributed by atoms with van der Waals surface area (Å²) in [5.74, 6) is -0.723. The zero-order valence-electron chi connectivity index (χ0n) is 9.15. The summed E-state index contributed by atoms with van der Waals surface area (Å²) in [6, 6.07) is 9.82. The summed E-state index contributed by atoms with van der Waals surface area (Å²) in [6.45, 7) is 0. The minimum atomic E-state index is -0.431. The standard InChI is InChI=1S/C13H9BrFNO2/c14-11-6-3-9(15)7-12(11)16-13(18)8-1-4-10(17)5-2-8/h1-7,17H,(H,16,18). The first-order valence-electron chi connectivity index (χ1n) is 5.12. The molecule has 2 rings (SSSR count). The Morgan fingerprint density at radius 3 is 2.50 bits per heavy atom. The molecule has 0 aliphatic heterocycles. The van der Waals surface area contributed by atoms with E-state index in [1.807, 2.05) is 0 Å². The van der Waals surface area contributed by atoms with Crippen LogP contribution in [-0.2, 0) is 0 Å². The number of hydrogen-bond donors (Lipinski definition) is 2. The minimum absolute atomic E-state index is 0.0819. The van der Waals surface area contributed by atoms with Crippen molar-refractivity contribution < 1.29 is 14.3 Å². The summed E-state index contributed by atoms with van der Waals surface area (Å²) >= 11 is 3.22. The second-order valence-corrected chi connectivity index (χ2v) is 4.48. The van der Waals surface area contributed by atoms with Crippen molar-refractivity contribution >= 4 is 27.5 Å². The van der Waals surface area contributed by atoms with Gasteiger partial charge in [0.05, 0.1) is 5.69 Å². The number of nitrogens with one attached hydrogen (secondary N) is 1. The van der Waals surface area contributed by atoms with E-state index in [0.717, 1.165) is 0 Å². The summed E-state index contributed by atoms with van der Waals surface area (Å²) in [7, 11) is 0. The van der Waals surface area contributed by atoms with Crippen LogP contribution >= 0.6 is 15.9 Å². The fraction of sp³-hybridized carbons (Fsp3) is 0. The van der Waals surface area contributed by atoms with E-state index >= 15 is 0 Å². The number of halogens is 2. The van der Waals surface area contributed by atoms with Gasteiger partial charge in [-0.3, -0.25) is 4.79 Å². The van der Waals surface area contributed by atoms with Crippen molar-refractivity contribution in [3.63, 3.8) is 0 Å². The molecule has 0 unspecified atom stereocenters. The van der Waals surface area contributed by atoms with Crippen molar-refractivity contribution in [2.24, 2.45) is 0 Å². The molecule has 2 N–H and O–H groups in total. The summed E-state index contributed by atoms with van der Waals surface area (Å²) < 4.78 is 13.6. The van der Waals surface area contributed by atoms with Crippen LogP contribution in [0.1, 0.15) is 10.4 Å². The Bertz CT molecular complexity index is 584. The molecule has 92 valence electrons. The van der Waals surface area contributed by atoms with Crippen molar-refractivity contribution in [3.05, 3.63) is 58.3 Å².